The third kappa shape index (κ3) is 5.92. The topological polar surface area (TPSA) is 12.0 Å². The van der Waals surface area contributed by atoms with Crippen LogP contribution in [0.4, 0.5) is 0 Å². The molecule has 0 aliphatic heterocycles. The summed E-state index contributed by atoms with van der Waals surface area (Å²) in [5.41, 5.74) is 1.42. The number of thiophene rings is 1. The van der Waals surface area contributed by atoms with Gasteiger partial charge >= 0.3 is 0 Å². The molecule has 16 heavy (non-hydrogen) atoms. The van der Waals surface area contributed by atoms with Crippen molar-refractivity contribution in [3.8, 4) is 0 Å². The van der Waals surface area contributed by atoms with Gasteiger partial charge in [0.1, 0.15) is 0 Å². The Kier molecular flexibility index (Phi) is 7.17. The van der Waals surface area contributed by atoms with Gasteiger partial charge in [-0.15, -0.1) is 11.3 Å². The van der Waals surface area contributed by atoms with Crippen molar-refractivity contribution in [1.82, 2.24) is 5.32 Å². The van der Waals surface area contributed by atoms with Gasteiger partial charge in [-0.1, -0.05) is 13.8 Å². The van der Waals surface area contributed by atoms with Crippen LogP contribution in [0.5, 0.6) is 0 Å². The van der Waals surface area contributed by atoms with Gasteiger partial charge < -0.3 is 5.32 Å². The summed E-state index contributed by atoms with van der Waals surface area (Å²) in [6.45, 7) is 8.93. The number of hydrogen-bond donors (Lipinski definition) is 1. The molecule has 0 amide bonds. The van der Waals surface area contributed by atoms with Crippen LogP contribution in [0, 0.1) is 12.8 Å². The Labute approximate surface area is 108 Å². The van der Waals surface area contributed by atoms with Crippen LogP contribution in [0.25, 0.3) is 0 Å². The normalized spacial score (nSPS) is 11.2. The van der Waals surface area contributed by atoms with Crippen LogP contribution in [0.2, 0.25) is 0 Å². The van der Waals surface area contributed by atoms with Crippen molar-refractivity contribution in [2.75, 3.05) is 18.1 Å². The third-order valence-corrected chi connectivity index (χ3v) is 4.56. The monoisotopic (exact) mass is 257 g/mol. The second-order valence-corrected chi connectivity index (χ2v) is 6.72. The first-order valence-corrected chi connectivity index (χ1v) is 8.05. The van der Waals surface area contributed by atoms with Crippen molar-refractivity contribution in [1.29, 1.82) is 0 Å². The second-order valence-electron chi connectivity index (χ2n) is 4.50. The first-order valence-electron chi connectivity index (χ1n) is 6.01. The average molecular weight is 257 g/mol. The predicted octanol–water partition coefficient (Wildman–Crippen LogP) is 3.93. The van der Waals surface area contributed by atoms with Gasteiger partial charge in [0.2, 0.25) is 0 Å². The summed E-state index contributed by atoms with van der Waals surface area (Å²) in [5.74, 6) is 3.38. The molecule has 3 heteroatoms. The number of hydrogen-bond acceptors (Lipinski definition) is 3. The summed E-state index contributed by atoms with van der Waals surface area (Å²) in [7, 11) is 0. The van der Waals surface area contributed by atoms with Crippen molar-refractivity contribution >= 4 is 23.1 Å². The van der Waals surface area contributed by atoms with Crippen molar-refractivity contribution in [2.45, 2.75) is 33.7 Å². The van der Waals surface area contributed by atoms with Gasteiger partial charge in [-0.05, 0) is 42.0 Å². The Hall–Kier alpha value is 0.01000. The minimum Gasteiger partial charge on any atom is -0.311 e. The standard InChI is InChI=1S/C13H23NS2/c1-11(2)4-7-15-9-6-14-10-13-12(3)5-8-16-13/h5,8,11,14H,4,6-7,9-10H2,1-3H3. The number of aryl methyl sites for hydroxylation is 1. The van der Waals surface area contributed by atoms with Crippen molar-refractivity contribution in [3.63, 3.8) is 0 Å². The van der Waals surface area contributed by atoms with E-state index in [1.165, 1.54) is 28.4 Å². The lowest BCUT2D eigenvalue weighted by Crippen LogP contribution is -2.16. The number of thioether (sulfide) groups is 1. The van der Waals surface area contributed by atoms with Crippen molar-refractivity contribution in [3.05, 3.63) is 21.9 Å². The zero-order valence-corrected chi connectivity index (χ0v) is 12.2. The van der Waals surface area contributed by atoms with Gasteiger partial charge in [-0.3, -0.25) is 0 Å². The van der Waals surface area contributed by atoms with Crippen LogP contribution in [-0.2, 0) is 6.54 Å². The fourth-order valence-electron chi connectivity index (χ4n) is 1.35. The maximum atomic E-state index is 3.51. The quantitative estimate of drug-likeness (QED) is 0.708. The van der Waals surface area contributed by atoms with Crippen LogP contribution >= 0.6 is 23.1 Å². The van der Waals surface area contributed by atoms with Crippen LogP contribution in [0.3, 0.4) is 0 Å². The predicted molar refractivity (Wildman–Crippen MR) is 77.5 cm³/mol. The molecular weight excluding hydrogens is 234 g/mol. The van der Waals surface area contributed by atoms with E-state index in [9.17, 15) is 0 Å². The summed E-state index contributed by atoms with van der Waals surface area (Å²) in [6, 6.07) is 2.19. The molecule has 1 N–H and O–H groups in total. The zero-order valence-electron chi connectivity index (χ0n) is 10.6. The van der Waals surface area contributed by atoms with E-state index in [0.717, 1.165) is 19.0 Å². The van der Waals surface area contributed by atoms with E-state index in [2.05, 4.69) is 49.3 Å². The largest absolute Gasteiger partial charge is 0.311 e. The molecule has 92 valence electrons. The van der Waals surface area contributed by atoms with Gasteiger partial charge in [0.15, 0.2) is 0 Å². The lowest BCUT2D eigenvalue weighted by Gasteiger charge is -2.05. The maximum Gasteiger partial charge on any atom is 0.0302 e. The first kappa shape index (κ1) is 14.1. The number of rotatable bonds is 8. The molecular formula is C13H23NS2. The van der Waals surface area contributed by atoms with E-state index in [-0.39, 0.29) is 0 Å². The molecule has 0 spiro atoms. The minimum absolute atomic E-state index is 0.842. The molecule has 1 heterocycles. The molecule has 0 radical (unpaired) electrons. The molecule has 0 aliphatic rings. The molecule has 0 fully saturated rings. The minimum atomic E-state index is 0.842. The zero-order chi connectivity index (χ0) is 11.8. The van der Waals surface area contributed by atoms with Crippen molar-refractivity contribution in [2.24, 2.45) is 5.92 Å². The van der Waals surface area contributed by atoms with Crippen LogP contribution in [-0.4, -0.2) is 18.1 Å². The molecule has 0 aromatic carbocycles. The Morgan fingerprint density at radius 1 is 1.38 bits per heavy atom. The highest BCUT2D eigenvalue weighted by atomic mass is 32.2. The van der Waals surface area contributed by atoms with E-state index < -0.39 is 0 Å². The van der Waals surface area contributed by atoms with Gasteiger partial charge in [0.25, 0.3) is 0 Å². The highest BCUT2D eigenvalue weighted by Crippen LogP contribution is 2.14. The molecule has 0 unspecified atom stereocenters. The highest BCUT2D eigenvalue weighted by Gasteiger charge is 1.98. The molecule has 1 nitrogen and oxygen atoms in total. The lowest BCUT2D eigenvalue weighted by molar-refractivity contribution is 0.631. The summed E-state index contributed by atoms with van der Waals surface area (Å²) in [4.78, 5) is 1.48. The summed E-state index contributed by atoms with van der Waals surface area (Å²) >= 11 is 3.92. The van der Waals surface area contributed by atoms with E-state index >= 15 is 0 Å². The Morgan fingerprint density at radius 3 is 2.81 bits per heavy atom. The van der Waals surface area contributed by atoms with E-state index in [4.69, 9.17) is 0 Å². The second kappa shape index (κ2) is 8.15. The van der Waals surface area contributed by atoms with Gasteiger partial charge in [-0.25, -0.2) is 0 Å². The Bertz CT molecular complexity index is 281. The smallest absolute Gasteiger partial charge is 0.0302 e. The fraction of sp³-hybridized carbons (Fsp3) is 0.692. The van der Waals surface area contributed by atoms with Crippen molar-refractivity contribution < 1.29 is 0 Å². The van der Waals surface area contributed by atoms with E-state index in [0.29, 0.717) is 0 Å². The molecule has 0 bridgehead atoms. The molecule has 0 atom stereocenters. The Balaban J connectivity index is 1.94. The molecule has 0 saturated carbocycles. The molecule has 0 saturated heterocycles. The van der Waals surface area contributed by atoms with E-state index in [1.54, 1.807) is 0 Å². The molecule has 0 aliphatic carbocycles. The number of nitrogens with one attached hydrogen (secondary N) is 1. The van der Waals surface area contributed by atoms with Gasteiger partial charge in [0.05, 0.1) is 0 Å². The average Bonchev–Trinajstić information content (AvgIpc) is 2.62. The summed E-state index contributed by atoms with van der Waals surface area (Å²) in [5, 5.41) is 5.68. The summed E-state index contributed by atoms with van der Waals surface area (Å²) in [6.07, 6.45) is 1.34. The lowest BCUT2D eigenvalue weighted by atomic mass is 10.2. The molecule has 1 aromatic rings. The Morgan fingerprint density at radius 2 is 2.19 bits per heavy atom. The highest BCUT2D eigenvalue weighted by molar-refractivity contribution is 7.99. The summed E-state index contributed by atoms with van der Waals surface area (Å²) < 4.78 is 0. The van der Waals surface area contributed by atoms with Crippen LogP contribution < -0.4 is 5.32 Å². The van der Waals surface area contributed by atoms with Crippen LogP contribution in [0.1, 0.15) is 30.7 Å². The van der Waals surface area contributed by atoms with Crippen LogP contribution in [0.15, 0.2) is 11.4 Å². The van der Waals surface area contributed by atoms with Gasteiger partial charge in [-0.2, -0.15) is 11.8 Å². The fourth-order valence-corrected chi connectivity index (χ4v) is 3.36. The van der Waals surface area contributed by atoms with E-state index in [1.807, 2.05) is 11.3 Å². The van der Waals surface area contributed by atoms with Gasteiger partial charge in [0, 0.05) is 23.7 Å². The molecule has 1 aromatic heterocycles. The first-order chi connectivity index (χ1) is 7.70. The SMILES string of the molecule is Cc1ccsc1CNCCSCCC(C)C. The molecule has 1 rings (SSSR count). The third-order valence-electron chi connectivity index (χ3n) is 2.52. The maximum absolute atomic E-state index is 3.51.